The van der Waals surface area contributed by atoms with Crippen molar-refractivity contribution in [2.75, 3.05) is 42.9 Å². The third-order valence-corrected chi connectivity index (χ3v) is 4.27. The van der Waals surface area contributed by atoms with Gasteiger partial charge in [-0.25, -0.2) is 0 Å². The van der Waals surface area contributed by atoms with Crippen LogP contribution in [0.15, 0.2) is 18.2 Å². The minimum atomic E-state index is 0.0737. The molecule has 0 saturated carbocycles. The Morgan fingerprint density at radius 3 is 2.18 bits per heavy atom. The number of piperazine rings is 1. The van der Waals surface area contributed by atoms with Gasteiger partial charge >= 0.3 is 0 Å². The molecule has 1 fully saturated rings. The van der Waals surface area contributed by atoms with Crippen LogP contribution in [0.25, 0.3) is 0 Å². The molecule has 1 aromatic rings. The summed E-state index contributed by atoms with van der Waals surface area (Å²) >= 11 is 0. The molecule has 5 nitrogen and oxygen atoms in total. The van der Waals surface area contributed by atoms with E-state index in [2.05, 4.69) is 48.9 Å². The maximum absolute atomic E-state index is 11.6. The topological polar surface area (TPSA) is 52.7 Å². The van der Waals surface area contributed by atoms with Crippen molar-refractivity contribution in [3.05, 3.63) is 23.8 Å². The number of hydrogen-bond donors (Lipinski definition) is 1. The quantitative estimate of drug-likeness (QED) is 0.831. The lowest BCUT2D eigenvalue weighted by Gasteiger charge is -2.36. The Kier molecular flexibility index (Phi) is 9.66. The highest BCUT2D eigenvalue weighted by Gasteiger charge is 2.25. The number of hydrogen-bond acceptors (Lipinski definition) is 4. The number of fused-ring (bicyclic) bond motifs is 1. The van der Waals surface area contributed by atoms with Crippen molar-refractivity contribution in [1.29, 1.82) is 0 Å². The van der Waals surface area contributed by atoms with Gasteiger partial charge in [0.1, 0.15) is 5.78 Å². The fourth-order valence-corrected chi connectivity index (χ4v) is 3.04. The van der Waals surface area contributed by atoms with Crippen LogP contribution in [0, 0.1) is 5.41 Å². The average molecular weight is 390 g/mol. The van der Waals surface area contributed by atoms with Crippen LogP contribution in [0.2, 0.25) is 0 Å². The summed E-state index contributed by atoms with van der Waals surface area (Å²) in [6, 6.07) is 6.04. The standard InChI is InChI=1S/C16H21N3O2.C5H12.C2H6/c1-2-12(20)11-18-6-8-19(9-7-18)15-5-3-4-14-13(15)10-16(21)17-14;1-5(2,3)4;1-2/h3-5H,2,6-11H2,1H3,(H,17,21);1-4H3;1-2H3. The second-order valence-corrected chi connectivity index (χ2v) is 8.68. The van der Waals surface area contributed by atoms with Crippen molar-refractivity contribution in [2.45, 2.75) is 61.3 Å². The molecule has 158 valence electrons. The van der Waals surface area contributed by atoms with Gasteiger partial charge in [-0.2, -0.15) is 0 Å². The number of carbonyl (C=O) groups is 2. The van der Waals surface area contributed by atoms with E-state index in [1.54, 1.807) is 0 Å². The van der Waals surface area contributed by atoms with E-state index in [9.17, 15) is 9.59 Å². The van der Waals surface area contributed by atoms with E-state index in [1.165, 1.54) is 0 Å². The van der Waals surface area contributed by atoms with Gasteiger partial charge in [-0.1, -0.05) is 54.5 Å². The van der Waals surface area contributed by atoms with Gasteiger partial charge in [-0.15, -0.1) is 0 Å². The first kappa shape index (κ1) is 24.2. The summed E-state index contributed by atoms with van der Waals surface area (Å²) in [5.74, 6) is 0.378. The number of benzene rings is 1. The SMILES string of the molecule is CC.CC(C)(C)C.CCC(=O)CN1CCN(c2cccc3c2CC(=O)N3)CC1. The van der Waals surface area contributed by atoms with E-state index in [0.29, 0.717) is 30.6 Å². The molecule has 0 atom stereocenters. The van der Waals surface area contributed by atoms with Gasteiger partial charge in [0.2, 0.25) is 5.91 Å². The van der Waals surface area contributed by atoms with Gasteiger partial charge < -0.3 is 10.2 Å². The van der Waals surface area contributed by atoms with Gasteiger partial charge in [0.15, 0.2) is 0 Å². The van der Waals surface area contributed by atoms with Crippen LogP contribution in [0.4, 0.5) is 11.4 Å². The molecule has 5 heteroatoms. The molecule has 0 radical (unpaired) electrons. The Hall–Kier alpha value is -1.88. The van der Waals surface area contributed by atoms with Crippen molar-refractivity contribution in [3.8, 4) is 0 Å². The summed E-state index contributed by atoms with van der Waals surface area (Å²) in [5, 5.41) is 2.90. The molecule has 1 amide bonds. The van der Waals surface area contributed by atoms with Crippen molar-refractivity contribution in [1.82, 2.24) is 4.90 Å². The minimum Gasteiger partial charge on any atom is -0.369 e. The van der Waals surface area contributed by atoms with Crippen molar-refractivity contribution < 1.29 is 9.59 Å². The number of rotatable bonds is 4. The van der Waals surface area contributed by atoms with Crippen molar-refractivity contribution in [2.24, 2.45) is 5.41 Å². The Labute approximate surface area is 171 Å². The summed E-state index contributed by atoms with van der Waals surface area (Å²) in [4.78, 5) is 27.6. The van der Waals surface area contributed by atoms with Crippen LogP contribution in [0.1, 0.15) is 60.5 Å². The molecular formula is C23H39N3O2. The summed E-state index contributed by atoms with van der Waals surface area (Å²) in [7, 11) is 0. The van der Waals surface area contributed by atoms with E-state index in [0.717, 1.165) is 43.1 Å². The van der Waals surface area contributed by atoms with E-state index in [4.69, 9.17) is 0 Å². The number of amides is 1. The minimum absolute atomic E-state index is 0.0737. The zero-order valence-electron chi connectivity index (χ0n) is 18.9. The highest BCUT2D eigenvalue weighted by Crippen LogP contribution is 2.32. The van der Waals surface area contributed by atoms with Gasteiger partial charge in [-0.05, 0) is 17.5 Å². The normalized spacial score (nSPS) is 16.2. The number of carbonyl (C=O) groups excluding carboxylic acids is 2. The Bertz CT molecular complexity index is 636. The molecular weight excluding hydrogens is 350 g/mol. The highest BCUT2D eigenvalue weighted by atomic mass is 16.1. The largest absolute Gasteiger partial charge is 0.369 e. The molecule has 2 aliphatic rings. The van der Waals surface area contributed by atoms with Gasteiger partial charge in [-0.3, -0.25) is 14.5 Å². The molecule has 2 heterocycles. The highest BCUT2D eigenvalue weighted by molar-refractivity contribution is 6.01. The summed E-state index contributed by atoms with van der Waals surface area (Å²) in [6.45, 7) is 18.8. The van der Waals surface area contributed by atoms with Crippen LogP contribution in [-0.4, -0.2) is 49.3 Å². The number of ketones is 1. The molecule has 0 aliphatic carbocycles. The van der Waals surface area contributed by atoms with Crippen LogP contribution < -0.4 is 10.2 Å². The van der Waals surface area contributed by atoms with E-state index < -0.39 is 0 Å². The zero-order valence-corrected chi connectivity index (χ0v) is 18.9. The maximum Gasteiger partial charge on any atom is 0.228 e. The Morgan fingerprint density at radius 2 is 1.64 bits per heavy atom. The smallest absolute Gasteiger partial charge is 0.228 e. The van der Waals surface area contributed by atoms with Crippen molar-refractivity contribution in [3.63, 3.8) is 0 Å². The Morgan fingerprint density at radius 1 is 1.07 bits per heavy atom. The molecule has 0 aromatic heterocycles. The molecule has 1 aromatic carbocycles. The molecule has 0 spiro atoms. The number of nitrogens with zero attached hydrogens (tertiary/aromatic N) is 2. The predicted octanol–water partition coefficient (Wildman–Crippen LogP) is 4.36. The molecule has 3 rings (SSSR count). The third kappa shape index (κ3) is 8.01. The molecule has 28 heavy (non-hydrogen) atoms. The molecule has 2 aliphatic heterocycles. The first-order chi connectivity index (χ1) is 13.2. The van der Waals surface area contributed by atoms with Crippen molar-refractivity contribution >= 4 is 23.1 Å². The van der Waals surface area contributed by atoms with Crippen LogP contribution in [0.5, 0.6) is 0 Å². The second-order valence-electron chi connectivity index (χ2n) is 8.68. The van der Waals surface area contributed by atoms with E-state index in [-0.39, 0.29) is 5.91 Å². The lowest BCUT2D eigenvalue weighted by Crippen LogP contribution is -2.48. The lowest BCUT2D eigenvalue weighted by molar-refractivity contribution is -0.120. The summed E-state index contributed by atoms with van der Waals surface area (Å²) < 4.78 is 0. The van der Waals surface area contributed by atoms with E-state index in [1.807, 2.05) is 32.9 Å². The van der Waals surface area contributed by atoms with Gasteiger partial charge in [0.25, 0.3) is 0 Å². The number of anilines is 2. The molecule has 1 saturated heterocycles. The van der Waals surface area contributed by atoms with Gasteiger partial charge in [0, 0.05) is 49.5 Å². The third-order valence-electron chi connectivity index (χ3n) is 4.27. The Balaban J connectivity index is 0.000000490. The van der Waals surface area contributed by atoms with Crippen LogP contribution in [-0.2, 0) is 16.0 Å². The van der Waals surface area contributed by atoms with E-state index >= 15 is 0 Å². The summed E-state index contributed by atoms with van der Waals surface area (Å²) in [6.07, 6.45) is 1.08. The maximum atomic E-state index is 11.6. The fraction of sp³-hybridized carbons (Fsp3) is 0.652. The number of Topliss-reactive ketones (excluding diaryl/α,β-unsaturated/α-hetero) is 1. The predicted molar refractivity (Wildman–Crippen MR) is 119 cm³/mol. The molecule has 1 N–H and O–H groups in total. The molecule has 0 bridgehead atoms. The zero-order chi connectivity index (χ0) is 21.3. The average Bonchev–Trinajstić information content (AvgIpc) is 3.03. The first-order valence-electron chi connectivity index (χ1n) is 10.6. The molecule has 0 unspecified atom stereocenters. The van der Waals surface area contributed by atoms with Gasteiger partial charge in [0.05, 0.1) is 13.0 Å². The fourth-order valence-electron chi connectivity index (χ4n) is 3.04. The summed E-state index contributed by atoms with van der Waals surface area (Å²) in [5.41, 5.74) is 3.72. The van der Waals surface area contributed by atoms with Crippen LogP contribution in [0.3, 0.4) is 0 Å². The number of nitrogens with one attached hydrogen (secondary N) is 1. The monoisotopic (exact) mass is 389 g/mol. The second kappa shape index (κ2) is 11.2. The first-order valence-corrected chi connectivity index (χ1v) is 10.6. The lowest BCUT2D eigenvalue weighted by atomic mass is 10.0. The van der Waals surface area contributed by atoms with Crippen LogP contribution >= 0.6 is 0 Å².